The van der Waals surface area contributed by atoms with Gasteiger partial charge in [-0.2, -0.15) is 0 Å². The van der Waals surface area contributed by atoms with Crippen molar-refractivity contribution in [3.63, 3.8) is 0 Å². The van der Waals surface area contributed by atoms with Crippen molar-refractivity contribution in [2.45, 2.75) is 6.42 Å². The Morgan fingerprint density at radius 3 is 2.94 bits per heavy atom. The second-order valence-electron chi connectivity index (χ2n) is 3.64. The Hall–Kier alpha value is -1.43. The van der Waals surface area contributed by atoms with Crippen LogP contribution >= 0.6 is 11.6 Å². The Morgan fingerprint density at radius 1 is 1.50 bits per heavy atom. The molecule has 0 aromatic heterocycles. The molecule has 0 saturated heterocycles. The first kappa shape index (κ1) is 14.6. The molecule has 0 aliphatic rings. The number of aliphatic hydroxyl groups excluding tert-OH is 1. The second kappa shape index (κ2) is 7.81. The molecule has 2 N–H and O–H groups in total. The third kappa shape index (κ3) is 4.83. The van der Waals surface area contributed by atoms with Gasteiger partial charge in [-0.15, -0.1) is 0 Å². The van der Waals surface area contributed by atoms with Gasteiger partial charge >= 0.3 is 0 Å². The summed E-state index contributed by atoms with van der Waals surface area (Å²) in [5.74, 6) is 0. The summed E-state index contributed by atoms with van der Waals surface area (Å²) >= 11 is 5.71. The van der Waals surface area contributed by atoms with Gasteiger partial charge in [-0.25, -0.2) is 0 Å². The van der Waals surface area contributed by atoms with Crippen molar-refractivity contribution in [1.29, 1.82) is 0 Å². The van der Waals surface area contributed by atoms with E-state index in [1.165, 1.54) is 6.07 Å². The minimum atomic E-state index is -0.454. The van der Waals surface area contributed by atoms with E-state index in [2.05, 4.69) is 5.32 Å². The van der Waals surface area contributed by atoms with Gasteiger partial charge in [-0.1, -0.05) is 23.8 Å². The van der Waals surface area contributed by atoms with Gasteiger partial charge in [0.05, 0.1) is 10.5 Å². The highest BCUT2D eigenvalue weighted by Crippen LogP contribution is 2.24. The van der Waals surface area contributed by atoms with Gasteiger partial charge in [0.1, 0.15) is 0 Å². The summed E-state index contributed by atoms with van der Waals surface area (Å²) in [5.41, 5.74) is 0.516. The zero-order valence-corrected chi connectivity index (χ0v) is 10.6. The number of hydrogen-bond donors (Lipinski definition) is 2. The van der Waals surface area contributed by atoms with Crippen LogP contribution in [0.15, 0.2) is 24.3 Å². The highest BCUT2D eigenvalue weighted by molar-refractivity contribution is 6.30. The molecule has 5 nitrogen and oxygen atoms in total. The molecule has 0 spiro atoms. The first-order chi connectivity index (χ1) is 8.65. The maximum absolute atomic E-state index is 10.8. The highest BCUT2D eigenvalue weighted by atomic mass is 35.5. The SMILES string of the molecule is O=[N+]([O-])c1cc(Cl)ccc1C=CCNCCCO. The normalized spacial score (nSPS) is 11.0. The van der Waals surface area contributed by atoms with E-state index in [4.69, 9.17) is 16.7 Å². The molecular formula is C12H15ClN2O3. The third-order valence-corrected chi connectivity index (χ3v) is 2.50. The standard InChI is InChI=1S/C12H15ClN2O3/c13-11-5-4-10(12(9-11)15(17)18)3-1-6-14-7-2-8-16/h1,3-5,9,14,16H,2,6-8H2. The Morgan fingerprint density at radius 2 is 2.28 bits per heavy atom. The van der Waals surface area contributed by atoms with Gasteiger partial charge in [-0.3, -0.25) is 10.1 Å². The van der Waals surface area contributed by atoms with Gasteiger partial charge in [-0.05, 0) is 25.1 Å². The molecule has 0 unspecified atom stereocenters. The van der Waals surface area contributed by atoms with E-state index < -0.39 is 4.92 Å². The number of aliphatic hydroxyl groups is 1. The lowest BCUT2D eigenvalue weighted by Gasteiger charge is -2.00. The number of halogens is 1. The summed E-state index contributed by atoms with van der Waals surface area (Å²) in [7, 11) is 0. The summed E-state index contributed by atoms with van der Waals surface area (Å²) in [6.45, 7) is 1.46. The number of nitrogens with one attached hydrogen (secondary N) is 1. The molecule has 1 rings (SSSR count). The quantitative estimate of drug-likeness (QED) is 0.453. The smallest absolute Gasteiger partial charge is 0.278 e. The van der Waals surface area contributed by atoms with E-state index in [1.807, 2.05) is 0 Å². The molecule has 0 aliphatic carbocycles. The number of rotatable bonds is 7. The predicted molar refractivity (Wildman–Crippen MR) is 71.7 cm³/mol. The summed E-state index contributed by atoms with van der Waals surface area (Å²) < 4.78 is 0. The van der Waals surface area contributed by atoms with Crippen LogP contribution in [-0.2, 0) is 0 Å². The lowest BCUT2D eigenvalue weighted by Crippen LogP contribution is -2.15. The fourth-order valence-corrected chi connectivity index (χ4v) is 1.56. The Kier molecular flexibility index (Phi) is 6.35. The first-order valence-electron chi connectivity index (χ1n) is 5.57. The number of hydrogen-bond acceptors (Lipinski definition) is 4. The van der Waals surface area contributed by atoms with E-state index in [0.29, 0.717) is 30.1 Å². The Bertz CT molecular complexity index is 435. The molecule has 1 aromatic rings. The number of nitro groups is 1. The lowest BCUT2D eigenvalue weighted by atomic mass is 10.1. The molecule has 18 heavy (non-hydrogen) atoms. The predicted octanol–water partition coefficient (Wildman–Crippen LogP) is 2.23. The average molecular weight is 271 g/mol. The zero-order valence-electron chi connectivity index (χ0n) is 9.80. The Balaban J connectivity index is 2.61. The summed E-state index contributed by atoms with van der Waals surface area (Å²) in [6, 6.07) is 4.57. The molecule has 0 radical (unpaired) electrons. The molecule has 0 atom stereocenters. The van der Waals surface area contributed by atoms with Crippen LogP contribution < -0.4 is 5.32 Å². The van der Waals surface area contributed by atoms with E-state index in [-0.39, 0.29) is 12.3 Å². The molecule has 0 heterocycles. The molecule has 98 valence electrons. The van der Waals surface area contributed by atoms with E-state index >= 15 is 0 Å². The molecular weight excluding hydrogens is 256 g/mol. The number of nitro benzene ring substituents is 1. The van der Waals surface area contributed by atoms with Crippen molar-refractivity contribution in [3.8, 4) is 0 Å². The molecule has 1 aromatic carbocycles. The van der Waals surface area contributed by atoms with Crippen molar-refractivity contribution in [3.05, 3.63) is 45.0 Å². The maximum atomic E-state index is 10.8. The molecule has 0 bridgehead atoms. The maximum Gasteiger partial charge on any atom is 0.278 e. The van der Waals surface area contributed by atoms with Crippen molar-refractivity contribution in [2.75, 3.05) is 19.7 Å². The van der Waals surface area contributed by atoms with Crippen LogP contribution in [0, 0.1) is 10.1 Å². The van der Waals surface area contributed by atoms with E-state index in [0.717, 1.165) is 0 Å². The van der Waals surface area contributed by atoms with Crippen molar-refractivity contribution in [1.82, 2.24) is 5.32 Å². The van der Waals surface area contributed by atoms with E-state index in [1.54, 1.807) is 24.3 Å². The van der Waals surface area contributed by atoms with Crippen LogP contribution in [0.3, 0.4) is 0 Å². The number of nitrogens with zero attached hydrogens (tertiary/aromatic N) is 1. The van der Waals surface area contributed by atoms with Crippen LogP contribution in [0.25, 0.3) is 6.08 Å². The van der Waals surface area contributed by atoms with Crippen molar-refractivity contribution in [2.24, 2.45) is 0 Å². The average Bonchev–Trinajstić information content (AvgIpc) is 2.35. The van der Waals surface area contributed by atoms with Crippen LogP contribution in [0.2, 0.25) is 5.02 Å². The van der Waals surface area contributed by atoms with Gasteiger partial charge < -0.3 is 10.4 Å². The monoisotopic (exact) mass is 270 g/mol. The van der Waals surface area contributed by atoms with Crippen LogP contribution in [0.1, 0.15) is 12.0 Å². The van der Waals surface area contributed by atoms with Gasteiger partial charge in [0.15, 0.2) is 0 Å². The number of benzene rings is 1. The van der Waals surface area contributed by atoms with Crippen LogP contribution in [0.5, 0.6) is 0 Å². The third-order valence-electron chi connectivity index (χ3n) is 2.26. The van der Waals surface area contributed by atoms with Crippen LogP contribution in [-0.4, -0.2) is 29.7 Å². The summed E-state index contributed by atoms with van der Waals surface area (Å²) in [6.07, 6.45) is 4.17. The second-order valence-corrected chi connectivity index (χ2v) is 4.08. The van der Waals surface area contributed by atoms with Crippen molar-refractivity contribution >= 4 is 23.4 Å². The highest BCUT2D eigenvalue weighted by Gasteiger charge is 2.11. The molecule has 0 aliphatic heterocycles. The molecule has 0 saturated carbocycles. The van der Waals surface area contributed by atoms with Crippen molar-refractivity contribution < 1.29 is 10.0 Å². The largest absolute Gasteiger partial charge is 0.396 e. The Labute approximate surface area is 110 Å². The first-order valence-corrected chi connectivity index (χ1v) is 5.95. The zero-order chi connectivity index (χ0) is 13.4. The molecule has 0 fully saturated rings. The fourth-order valence-electron chi connectivity index (χ4n) is 1.39. The minimum Gasteiger partial charge on any atom is -0.396 e. The molecule has 6 heteroatoms. The van der Waals surface area contributed by atoms with Gasteiger partial charge in [0, 0.05) is 24.2 Å². The summed E-state index contributed by atoms with van der Waals surface area (Å²) in [5, 5.41) is 22.8. The van der Waals surface area contributed by atoms with Gasteiger partial charge in [0.2, 0.25) is 0 Å². The molecule has 0 amide bonds. The summed E-state index contributed by atoms with van der Waals surface area (Å²) in [4.78, 5) is 10.4. The fraction of sp³-hybridized carbons (Fsp3) is 0.333. The van der Waals surface area contributed by atoms with Crippen LogP contribution in [0.4, 0.5) is 5.69 Å². The topological polar surface area (TPSA) is 75.4 Å². The minimum absolute atomic E-state index is 0.00546. The lowest BCUT2D eigenvalue weighted by molar-refractivity contribution is -0.385. The van der Waals surface area contributed by atoms with E-state index in [9.17, 15) is 10.1 Å². The van der Waals surface area contributed by atoms with Gasteiger partial charge in [0.25, 0.3) is 5.69 Å².